The molecule has 0 N–H and O–H groups in total. The zero-order valence-corrected chi connectivity index (χ0v) is 11.6. The van der Waals surface area contributed by atoms with Crippen molar-refractivity contribution in [3.05, 3.63) is 72.3 Å². The van der Waals surface area contributed by atoms with Crippen molar-refractivity contribution in [2.75, 3.05) is 7.11 Å². The van der Waals surface area contributed by atoms with Gasteiger partial charge in [0.25, 0.3) is 0 Å². The monoisotopic (exact) mass is 252 g/mol. The normalized spacial score (nSPS) is 11.9. The molecule has 0 aliphatic carbocycles. The van der Waals surface area contributed by atoms with E-state index in [1.165, 1.54) is 16.7 Å². The molecule has 0 aliphatic heterocycles. The molecule has 2 rings (SSSR count). The molecule has 19 heavy (non-hydrogen) atoms. The van der Waals surface area contributed by atoms with Crippen molar-refractivity contribution in [1.29, 1.82) is 0 Å². The molecular weight excluding hydrogens is 232 g/mol. The van der Waals surface area contributed by atoms with Gasteiger partial charge in [-0.25, -0.2) is 0 Å². The van der Waals surface area contributed by atoms with Crippen LogP contribution in [0.3, 0.4) is 0 Å². The Morgan fingerprint density at radius 3 is 2.26 bits per heavy atom. The minimum atomic E-state index is 0.457. The summed E-state index contributed by atoms with van der Waals surface area (Å²) in [6, 6.07) is 18.6. The molecule has 1 nitrogen and oxygen atoms in total. The Hall–Kier alpha value is -2.02. The fourth-order valence-corrected chi connectivity index (χ4v) is 2.21. The van der Waals surface area contributed by atoms with Crippen LogP contribution in [-0.4, -0.2) is 7.11 Å². The topological polar surface area (TPSA) is 9.23 Å². The third kappa shape index (κ3) is 3.47. The van der Waals surface area contributed by atoms with E-state index in [1.54, 1.807) is 7.11 Å². The van der Waals surface area contributed by atoms with E-state index < -0.39 is 0 Å². The van der Waals surface area contributed by atoms with Crippen LogP contribution < -0.4 is 4.74 Å². The number of benzene rings is 2. The summed E-state index contributed by atoms with van der Waals surface area (Å²) in [5, 5.41) is 0. The first kappa shape index (κ1) is 13.4. The van der Waals surface area contributed by atoms with E-state index in [0.717, 1.165) is 12.2 Å². The molecule has 0 aliphatic rings. The lowest BCUT2D eigenvalue weighted by atomic mass is 9.91. The van der Waals surface area contributed by atoms with Gasteiger partial charge in [-0.1, -0.05) is 56.0 Å². The Kier molecular flexibility index (Phi) is 4.40. The summed E-state index contributed by atoms with van der Waals surface area (Å²) < 4.78 is 5.18. The van der Waals surface area contributed by atoms with Gasteiger partial charge in [-0.15, -0.1) is 0 Å². The minimum Gasteiger partial charge on any atom is -0.497 e. The number of hydrogen-bond donors (Lipinski definition) is 0. The van der Waals surface area contributed by atoms with Crippen molar-refractivity contribution in [2.24, 2.45) is 0 Å². The maximum absolute atomic E-state index is 5.18. The second-order valence-electron chi connectivity index (χ2n) is 4.85. The van der Waals surface area contributed by atoms with E-state index in [2.05, 4.69) is 49.9 Å². The van der Waals surface area contributed by atoms with E-state index in [-0.39, 0.29) is 0 Å². The summed E-state index contributed by atoms with van der Waals surface area (Å²) in [6.07, 6.45) is 0.969. The Labute approximate surface area is 115 Å². The van der Waals surface area contributed by atoms with Crippen LogP contribution in [0.25, 0.3) is 5.57 Å². The first-order chi connectivity index (χ1) is 9.20. The summed E-state index contributed by atoms with van der Waals surface area (Å²) in [7, 11) is 1.69. The van der Waals surface area contributed by atoms with Crippen LogP contribution in [0, 0.1) is 0 Å². The van der Waals surface area contributed by atoms with Crippen molar-refractivity contribution >= 4 is 5.57 Å². The second-order valence-corrected chi connectivity index (χ2v) is 4.85. The van der Waals surface area contributed by atoms with Crippen molar-refractivity contribution < 1.29 is 4.74 Å². The SMILES string of the molecule is C=C(CC(C)c1ccc(OC)cc1)c1ccccc1. The summed E-state index contributed by atoms with van der Waals surface area (Å²) in [6.45, 7) is 6.43. The predicted octanol–water partition coefficient (Wildman–Crippen LogP) is 4.90. The lowest BCUT2D eigenvalue weighted by Gasteiger charge is -2.14. The molecule has 1 atom stereocenters. The lowest BCUT2D eigenvalue weighted by molar-refractivity contribution is 0.414. The largest absolute Gasteiger partial charge is 0.497 e. The van der Waals surface area contributed by atoms with E-state index in [1.807, 2.05) is 18.2 Å². The molecule has 98 valence electrons. The molecule has 0 bridgehead atoms. The molecule has 0 saturated heterocycles. The van der Waals surface area contributed by atoms with E-state index in [0.29, 0.717) is 5.92 Å². The minimum absolute atomic E-state index is 0.457. The van der Waals surface area contributed by atoms with Crippen molar-refractivity contribution in [2.45, 2.75) is 19.3 Å². The smallest absolute Gasteiger partial charge is 0.118 e. The average Bonchev–Trinajstić information content (AvgIpc) is 2.48. The predicted molar refractivity (Wildman–Crippen MR) is 81.5 cm³/mol. The Morgan fingerprint density at radius 1 is 1.05 bits per heavy atom. The molecule has 0 fully saturated rings. The number of methoxy groups -OCH3 is 1. The Bertz CT molecular complexity index is 525. The van der Waals surface area contributed by atoms with Gasteiger partial charge in [-0.3, -0.25) is 0 Å². The summed E-state index contributed by atoms with van der Waals surface area (Å²) >= 11 is 0. The zero-order chi connectivity index (χ0) is 13.7. The van der Waals surface area contributed by atoms with Crippen molar-refractivity contribution in [3.63, 3.8) is 0 Å². The highest BCUT2D eigenvalue weighted by atomic mass is 16.5. The Morgan fingerprint density at radius 2 is 1.68 bits per heavy atom. The molecule has 0 amide bonds. The van der Waals surface area contributed by atoms with Crippen LogP contribution >= 0.6 is 0 Å². The maximum atomic E-state index is 5.18. The zero-order valence-electron chi connectivity index (χ0n) is 11.6. The van der Waals surface area contributed by atoms with Gasteiger partial charge in [-0.05, 0) is 41.2 Å². The van der Waals surface area contributed by atoms with Crippen molar-refractivity contribution in [3.8, 4) is 5.75 Å². The molecule has 0 radical (unpaired) electrons. The average molecular weight is 252 g/mol. The highest BCUT2D eigenvalue weighted by molar-refractivity contribution is 5.63. The molecule has 0 heterocycles. The molecule has 2 aromatic carbocycles. The quantitative estimate of drug-likeness (QED) is 0.735. The summed E-state index contributed by atoms with van der Waals surface area (Å²) in [5.41, 5.74) is 3.73. The highest BCUT2D eigenvalue weighted by Crippen LogP contribution is 2.28. The van der Waals surface area contributed by atoms with Gasteiger partial charge in [-0.2, -0.15) is 0 Å². The molecule has 1 unspecified atom stereocenters. The molecule has 0 saturated carbocycles. The Balaban J connectivity index is 2.04. The fraction of sp³-hybridized carbons (Fsp3) is 0.222. The van der Waals surface area contributed by atoms with E-state index in [4.69, 9.17) is 4.74 Å². The maximum Gasteiger partial charge on any atom is 0.118 e. The van der Waals surface area contributed by atoms with Gasteiger partial charge in [0.1, 0.15) is 5.75 Å². The molecule has 0 aromatic heterocycles. The summed E-state index contributed by atoms with van der Waals surface area (Å²) in [5.74, 6) is 1.36. The van der Waals surface area contributed by atoms with Crippen LogP contribution in [0.2, 0.25) is 0 Å². The molecule has 0 spiro atoms. The van der Waals surface area contributed by atoms with E-state index >= 15 is 0 Å². The van der Waals surface area contributed by atoms with Crippen LogP contribution in [0.1, 0.15) is 30.4 Å². The third-order valence-electron chi connectivity index (χ3n) is 3.42. The fourth-order valence-electron chi connectivity index (χ4n) is 2.21. The third-order valence-corrected chi connectivity index (χ3v) is 3.42. The van der Waals surface area contributed by atoms with Crippen LogP contribution in [-0.2, 0) is 0 Å². The van der Waals surface area contributed by atoms with Crippen molar-refractivity contribution in [1.82, 2.24) is 0 Å². The van der Waals surface area contributed by atoms with Gasteiger partial charge < -0.3 is 4.74 Å². The van der Waals surface area contributed by atoms with E-state index in [9.17, 15) is 0 Å². The molecular formula is C18H20O. The van der Waals surface area contributed by atoms with Gasteiger partial charge in [0.15, 0.2) is 0 Å². The van der Waals surface area contributed by atoms with Crippen LogP contribution in [0.4, 0.5) is 0 Å². The first-order valence-corrected chi connectivity index (χ1v) is 6.58. The highest BCUT2D eigenvalue weighted by Gasteiger charge is 2.08. The standard InChI is InChI=1S/C18H20O/c1-14(16-7-5-4-6-8-16)13-15(2)17-9-11-18(19-3)12-10-17/h4-12,15H,1,13H2,2-3H3. The number of allylic oxidation sites excluding steroid dienone is 1. The first-order valence-electron chi connectivity index (χ1n) is 6.58. The summed E-state index contributed by atoms with van der Waals surface area (Å²) in [4.78, 5) is 0. The van der Waals surface area contributed by atoms with Gasteiger partial charge in [0.05, 0.1) is 7.11 Å². The van der Waals surface area contributed by atoms with Gasteiger partial charge in [0, 0.05) is 0 Å². The van der Waals surface area contributed by atoms with Gasteiger partial charge in [0.2, 0.25) is 0 Å². The molecule has 1 heteroatoms. The van der Waals surface area contributed by atoms with Gasteiger partial charge >= 0.3 is 0 Å². The number of hydrogen-bond acceptors (Lipinski definition) is 1. The molecule has 2 aromatic rings. The van der Waals surface area contributed by atoms with Crippen LogP contribution in [0.15, 0.2) is 61.2 Å². The number of ether oxygens (including phenoxy) is 1. The van der Waals surface area contributed by atoms with Crippen LogP contribution in [0.5, 0.6) is 5.75 Å². The lowest BCUT2D eigenvalue weighted by Crippen LogP contribution is -1.95. The second kappa shape index (κ2) is 6.24. The number of rotatable bonds is 5.